The number of aromatic nitrogens is 2. The first-order chi connectivity index (χ1) is 9.60. The monoisotopic (exact) mass is 278 g/mol. The highest BCUT2D eigenvalue weighted by atomic mass is 16.5. The normalized spacial score (nSPS) is 19.1. The van der Waals surface area contributed by atoms with Crippen molar-refractivity contribution >= 4 is 11.9 Å². The predicted octanol–water partition coefficient (Wildman–Crippen LogP) is 1.33. The molecule has 6 heteroatoms. The Balaban J connectivity index is 1.93. The molecule has 1 aromatic rings. The van der Waals surface area contributed by atoms with Gasteiger partial charge in [0.25, 0.3) is 0 Å². The summed E-state index contributed by atoms with van der Waals surface area (Å²) in [6, 6.07) is 0. The summed E-state index contributed by atoms with van der Waals surface area (Å²) in [5, 5.41) is 3.25. The summed E-state index contributed by atoms with van der Waals surface area (Å²) in [6.45, 7) is 7.04. The zero-order valence-electron chi connectivity index (χ0n) is 12.3. The van der Waals surface area contributed by atoms with E-state index in [1.165, 1.54) is 12.6 Å². The molecule has 0 aliphatic carbocycles. The number of hydrogen-bond acceptors (Lipinski definition) is 6. The Bertz CT molecular complexity index is 478. The predicted molar refractivity (Wildman–Crippen MR) is 76.8 cm³/mol. The van der Waals surface area contributed by atoms with E-state index < -0.39 is 0 Å². The second-order valence-electron chi connectivity index (χ2n) is 5.21. The minimum Gasteiger partial charge on any atom is -0.462 e. The molecule has 0 saturated carbocycles. The highest BCUT2D eigenvalue weighted by Crippen LogP contribution is 2.15. The van der Waals surface area contributed by atoms with E-state index in [2.05, 4.69) is 27.2 Å². The van der Waals surface area contributed by atoms with Gasteiger partial charge in [0.15, 0.2) is 0 Å². The van der Waals surface area contributed by atoms with E-state index in [1.807, 2.05) is 0 Å². The van der Waals surface area contributed by atoms with Gasteiger partial charge in [0.1, 0.15) is 0 Å². The second kappa shape index (κ2) is 6.65. The van der Waals surface area contributed by atoms with Crippen LogP contribution in [0.4, 0.5) is 5.95 Å². The summed E-state index contributed by atoms with van der Waals surface area (Å²) in [6.07, 6.45) is 2.73. The number of hydrogen-bond donors (Lipinski definition) is 1. The lowest BCUT2D eigenvalue weighted by atomic mass is 10.1. The average Bonchev–Trinajstić information content (AvgIpc) is 2.82. The largest absolute Gasteiger partial charge is 0.462 e. The van der Waals surface area contributed by atoms with Crippen molar-refractivity contribution in [1.82, 2.24) is 14.9 Å². The molecule has 1 atom stereocenters. The van der Waals surface area contributed by atoms with Crippen LogP contribution in [-0.4, -0.2) is 54.1 Å². The van der Waals surface area contributed by atoms with Crippen LogP contribution >= 0.6 is 0 Å². The van der Waals surface area contributed by atoms with Crippen LogP contribution in [0.3, 0.4) is 0 Å². The maximum atomic E-state index is 11.7. The van der Waals surface area contributed by atoms with Gasteiger partial charge in [0.2, 0.25) is 5.95 Å². The molecule has 0 aromatic carbocycles. The Labute approximate surface area is 119 Å². The molecule has 1 N–H and O–H groups in total. The van der Waals surface area contributed by atoms with Crippen LogP contribution in [0.15, 0.2) is 6.20 Å². The molecule has 0 bridgehead atoms. The van der Waals surface area contributed by atoms with Crippen LogP contribution in [0, 0.1) is 12.8 Å². The maximum Gasteiger partial charge on any atom is 0.341 e. The molecule has 6 nitrogen and oxygen atoms in total. The molecule has 2 heterocycles. The number of ether oxygens (including phenoxy) is 1. The maximum absolute atomic E-state index is 11.7. The molecule has 110 valence electrons. The van der Waals surface area contributed by atoms with E-state index in [9.17, 15) is 4.79 Å². The number of carbonyl (C=O) groups is 1. The van der Waals surface area contributed by atoms with Gasteiger partial charge in [-0.25, -0.2) is 14.8 Å². The molecule has 0 amide bonds. The fraction of sp³-hybridized carbons (Fsp3) is 0.643. The third kappa shape index (κ3) is 3.66. The van der Waals surface area contributed by atoms with Gasteiger partial charge in [-0.15, -0.1) is 0 Å². The highest BCUT2D eigenvalue weighted by Gasteiger charge is 2.19. The third-order valence-corrected chi connectivity index (χ3v) is 3.51. The molecule has 1 fully saturated rings. The molecule has 1 saturated heterocycles. The van der Waals surface area contributed by atoms with Gasteiger partial charge in [0.05, 0.1) is 17.9 Å². The van der Waals surface area contributed by atoms with Gasteiger partial charge in [-0.05, 0) is 39.8 Å². The Morgan fingerprint density at radius 2 is 2.40 bits per heavy atom. The van der Waals surface area contributed by atoms with E-state index in [-0.39, 0.29) is 5.97 Å². The molecule has 2 rings (SSSR count). The first kappa shape index (κ1) is 14.7. The van der Waals surface area contributed by atoms with Crippen molar-refractivity contribution < 1.29 is 9.53 Å². The number of nitrogens with zero attached hydrogens (tertiary/aromatic N) is 3. The van der Waals surface area contributed by atoms with Gasteiger partial charge in [-0.2, -0.15) is 0 Å². The summed E-state index contributed by atoms with van der Waals surface area (Å²) in [5.41, 5.74) is 1.07. The van der Waals surface area contributed by atoms with Crippen molar-refractivity contribution in [3.05, 3.63) is 17.5 Å². The summed E-state index contributed by atoms with van der Waals surface area (Å²) >= 11 is 0. The zero-order valence-corrected chi connectivity index (χ0v) is 12.3. The molecule has 1 aliphatic heterocycles. The van der Waals surface area contributed by atoms with Crippen LogP contribution in [0.25, 0.3) is 0 Å². The van der Waals surface area contributed by atoms with Crippen molar-refractivity contribution in [3.8, 4) is 0 Å². The Morgan fingerprint density at radius 1 is 1.60 bits per heavy atom. The van der Waals surface area contributed by atoms with Crippen molar-refractivity contribution in [3.63, 3.8) is 0 Å². The summed E-state index contributed by atoms with van der Waals surface area (Å²) in [4.78, 5) is 22.5. The van der Waals surface area contributed by atoms with E-state index in [1.54, 1.807) is 13.8 Å². The van der Waals surface area contributed by atoms with Crippen LogP contribution in [0.5, 0.6) is 0 Å². The zero-order chi connectivity index (χ0) is 14.5. The summed E-state index contributed by atoms with van der Waals surface area (Å²) in [5.74, 6) is 0.840. The van der Waals surface area contributed by atoms with Crippen LogP contribution < -0.4 is 5.32 Å². The van der Waals surface area contributed by atoms with Gasteiger partial charge < -0.3 is 15.0 Å². The second-order valence-corrected chi connectivity index (χ2v) is 5.21. The molecule has 20 heavy (non-hydrogen) atoms. The van der Waals surface area contributed by atoms with Crippen molar-refractivity contribution in [2.45, 2.75) is 20.3 Å². The first-order valence-electron chi connectivity index (χ1n) is 7.03. The van der Waals surface area contributed by atoms with Crippen molar-refractivity contribution in [1.29, 1.82) is 0 Å². The molecule has 1 unspecified atom stereocenters. The number of nitrogens with one attached hydrogen (secondary N) is 1. The van der Waals surface area contributed by atoms with Crippen LogP contribution in [0.2, 0.25) is 0 Å². The summed E-state index contributed by atoms with van der Waals surface area (Å²) in [7, 11) is 2.13. The SMILES string of the molecule is CCOC(=O)c1cnc(NCC2CCN(C)C2)nc1C. The highest BCUT2D eigenvalue weighted by molar-refractivity contribution is 5.90. The fourth-order valence-electron chi connectivity index (χ4n) is 2.39. The average molecular weight is 278 g/mol. The topological polar surface area (TPSA) is 67.3 Å². The number of carbonyl (C=O) groups excluding carboxylic acids is 1. The number of rotatable bonds is 5. The quantitative estimate of drug-likeness (QED) is 0.820. The van der Waals surface area contributed by atoms with E-state index in [0.717, 1.165) is 19.6 Å². The number of likely N-dealkylation sites (tertiary alicyclic amines) is 1. The fourth-order valence-corrected chi connectivity index (χ4v) is 2.39. The number of anilines is 1. The minimum absolute atomic E-state index is 0.355. The Kier molecular flexibility index (Phi) is 4.89. The molecule has 1 aromatic heterocycles. The Morgan fingerprint density at radius 3 is 3.00 bits per heavy atom. The van der Waals surface area contributed by atoms with Crippen molar-refractivity contribution in [2.24, 2.45) is 5.92 Å². The lowest BCUT2D eigenvalue weighted by molar-refractivity contribution is 0.0524. The number of aryl methyl sites for hydroxylation is 1. The lowest BCUT2D eigenvalue weighted by Gasteiger charge is -2.12. The smallest absolute Gasteiger partial charge is 0.341 e. The van der Waals surface area contributed by atoms with E-state index in [0.29, 0.717) is 29.7 Å². The van der Waals surface area contributed by atoms with E-state index >= 15 is 0 Å². The number of esters is 1. The minimum atomic E-state index is -0.367. The summed E-state index contributed by atoms with van der Waals surface area (Å²) < 4.78 is 4.96. The lowest BCUT2D eigenvalue weighted by Crippen LogP contribution is -2.20. The third-order valence-electron chi connectivity index (χ3n) is 3.51. The molecule has 0 spiro atoms. The van der Waals surface area contributed by atoms with Gasteiger partial charge in [-0.1, -0.05) is 0 Å². The van der Waals surface area contributed by atoms with Gasteiger partial charge >= 0.3 is 5.97 Å². The van der Waals surface area contributed by atoms with E-state index in [4.69, 9.17) is 4.74 Å². The standard InChI is InChI=1S/C14H22N4O2/c1-4-20-13(19)12-8-16-14(17-10(12)2)15-7-11-5-6-18(3)9-11/h8,11H,4-7,9H2,1-3H3,(H,15,16,17). The molecular weight excluding hydrogens is 256 g/mol. The molecule has 0 radical (unpaired) electrons. The van der Waals surface area contributed by atoms with Crippen LogP contribution in [0.1, 0.15) is 29.4 Å². The van der Waals surface area contributed by atoms with Crippen molar-refractivity contribution in [2.75, 3.05) is 38.6 Å². The first-order valence-corrected chi connectivity index (χ1v) is 7.03. The Hall–Kier alpha value is -1.69. The molecular formula is C14H22N4O2. The van der Waals surface area contributed by atoms with Gasteiger partial charge in [-0.3, -0.25) is 0 Å². The molecule has 1 aliphatic rings. The van der Waals surface area contributed by atoms with Crippen LogP contribution in [-0.2, 0) is 4.74 Å². The van der Waals surface area contributed by atoms with Gasteiger partial charge in [0, 0.05) is 19.3 Å².